The summed E-state index contributed by atoms with van der Waals surface area (Å²) in [4.78, 5) is 15.2. The van der Waals surface area contributed by atoms with Crippen molar-refractivity contribution in [3.63, 3.8) is 0 Å². The van der Waals surface area contributed by atoms with E-state index < -0.39 is 5.41 Å². The number of aliphatic hydroxyl groups is 1. The van der Waals surface area contributed by atoms with Gasteiger partial charge in [-0.1, -0.05) is 70.7 Å². The summed E-state index contributed by atoms with van der Waals surface area (Å²) >= 11 is 0. The Morgan fingerprint density at radius 2 is 1.76 bits per heavy atom. The maximum absolute atomic E-state index is 13.1. The normalized spacial score (nSPS) is 19.7. The predicted molar refractivity (Wildman–Crippen MR) is 137 cm³/mol. The van der Waals surface area contributed by atoms with Gasteiger partial charge in [0.15, 0.2) is 0 Å². The fraction of sp³-hybridized carbons (Fsp3) is 0.276. The fourth-order valence-corrected chi connectivity index (χ4v) is 4.88. The second kappa shape index (κ2) is 7.80. The molecule has 0 bridgehead atoms. The number of fused-ring (bicyclic) bond motifs is 1. The van der Waals surface area contributed by atoms with Gasteiger partial charge >= 0.3 is 0 Å². The highest BCUT2D eigenvalue weighted by molar-refractivity contribution is 6.21. The highest BCUT2D eigenvalue weighted by atomic mass is 16.3. The third-order valence-corrected chi connectivity index (χ3v) is 7.21. The molecule has 1 aliphatic carbocycles. The zero-order chi connectivity index (χ0) is 24.1. The third kappa shape index (κ3) is 3.41. The molecule has 0 saturated carbocycles. The van der Waals surface area contributed by atoms with Crippen LogP contribution in [0.5, 0.6) is 0 Å². The average molecular weight is 441 g/mol. The summed E-state index contributed by atoms with van der Waals surface area (Å²) in [5, 5.41) is 14.1. The summed E-state index contributed by atoms with van der Waals surface area (Å²) in [7, 11) is 3.89. The van der Waals surface area contributed by atoms with Gasteiger partial charge in [-0.05, 0) is 41.0 Å². The molecule has 0 aromatic heterocycles. The Kier molecular flexibility index (Phi) is 5.36. The van der Waals surface area contributed by atoms with E-state index in [4.69, 9.17) is 0 Å². The van der Waals surface area contributed by atoms with Crippen molar-refractivity contribution in [1.29, 1.82) is 0 Å². The molecule has 0 saturated heterocycles. The van der Waals surface area contributed by atoms with Crippen LogP contribution in [0.3, 0.4) is 0 Å². The van der Waals surface area contributed by atoms with Crippen molar-refractivity contribution in [2.75, 3.05) is 24.3 Å². The van der Waals surface area contributed by atoms with Gasteiger partial charge in [0.25, 0.3) is 0 Å². The Labute approximate surface area is 196 Å². The van der Waals surface area contributed by atoms with Gasteiger partial charge in [0.05, 0.1) is 11.1 Å². The minimum atomic E-state index is -0.420. The molecule has 0 fully saturated rings. The highest BCUT2D eigenvalue weighted by Crippen LogP contribution is 2.48. The van der Waals surface area contributed by atoms with E-state index in [9.17, 15) is 9.90 Å². The molecule has 1 aliphatic heterocycles. The summed E-state index contributed by atoms with van der Waals surface area (Å²) in [6, 6.07) is 16.3. The van der Waals surface area contributed by atoms with Crippen molar-refractivity contribution in [3.8, 4) is 0 Å². The van der Waals surface area contributed by atoms with Crippen LogP contribution in [0, 0.1) is 0 Å². The quantitative estimate of drug-likeness (QED) is 0.544. The van der Waals surface area contributed by atoms with Crippen LogP contribution < -0.4 is 10.2 Å². The van der Waals surface area contributed by atoms with Crippen LogP contribution in [0.4, 0.5) is 11.4 Å². The Bertz CT molecular complexity index is 1260. The van der Waals surface area contributed by atoms with Crippen molar-refractivity contribution in [3.05, 3.63) is 107 Å². The molecule has 0 atom stereocenters. The number of likely N-dealkylation sites (N-methyl/N-ethyl adjacent to an activating group) is 1. The van der Waals surface area contributed by atoms with E-state index in [1.807, 2.05) is 50.5 Å². The van der Waals surface area contributed by atoms with Gasteiger partial charge in [-0.25, -0.2) is 0 Å². The molecule has 2 aromatic rings. The number of rotatable bonds is 5. The minimum absolute atomic E-state index is 0.0338. The molecule has 4 nitrogen and oxygen atoms in total. The molecule has 4 heteroatoms. The van der Waals surface area contributed by atoms with Crippen LogP contribution in [0.1, 0.15) is 38.8 Å². The van der Waals surface area contributed by atoms with E-state index in [-0.39, 0.29) is 17.0 Å². The summed E-state index contributed by atoms with van der Waals surface area (Å²) < 4.78 is 0. The lowest BCUT2D eigenvalue weighted by molar-refractivity contribution is -0.113. The van der Waals surface area contributed by atoms with E-state index in [1.165, 1.54) is 5.56 Å². The Balaban J connectivity index is 1.67. The zero-order valence-electron chi connectivity index (χ0n) is 20.3. The van der Waals surface area contributed by atoms with Gasteiger partial charge in [-0.3, -0.25) is 4.79 Å². The van der Waals surface area contributed by atoms with Crippen molar-refractivity contribution >= 4 is 17.2 Å². The molecule has 0 unspecified atom stereocenters. The third-order valence-electron chi connectivity index (χ3n) is 7.21. The van der Waals surface area contributed by atoms with Gasteiger partial charge in [0, 0.05) is 42.0 Å². The monoisotopic (exact) mass is 440 g/mol. The lowest BCUT2D eigenvalue weighted by Gasteiger charge is -2.30. The van der Waals surface area contributed by atoms with E-state index in [1.54, 1.807) is 6.08 Å². The van der Waals surface area contributed by atoms with Gasteiger partial charge in [-0.15, -0.1) is 0 Å². The van der Waals surface area contributed by atoms with Crippen molar-refractivity contribution in [1.82, 2.24) is 0 Å². The number of aliphatic hydroxyl groups excluding tert-OH is 1. The SMILES string of the molecule is C=C(/C=C1/C(=O)C(C=C2N(C)c3ccccc3C2(C)C)=C1O)C(C)(C)c1ccccc1NC. The van der Waals surface area contributed by atoms with Crippen molar-refractivity contribution in [2.45, 2.75) is 38.5 Å². The summed E-state index contributed by atoms with van der Waals surface area (Å²) in [6.07, 6.45) is 3.56. The Morgan fingerprint density at radius 3 is 2.39 bits per heavy atom. The molecule has 4 rings (SSSR count). The number of hydrogen-bond acceptors (Lipinski definition) is 4. The van der Waals surface area contributed by atoms with Crippen molar-refractivity contribution in [2.24, 2.45) is 0 Å². The van der Waals surface area contributed by atoms with Crippen LogP contribution in [0.2, 0.25) is 0 Å². The number of anilines is 2. The number of nitrogens with one attached hydrogen (secondary N) is 1. The average Bonchev–Trinajstić information content (AvgIpc) is 3.00. The van der Waals surface area contributed by atoms with E-state index in [0.717, 1.165) is 28.2 Å². The maximum Gasteiger partial charge on any atom is 0.200 e. The maximum atomic E-state index is 13.1. The number of ketones is 1. The van der Waals surface area contributed by atoms with Gasteiger partial charge in [0.2, 0.25) is 5.78 Å². The van der Waals surface area contributed by atoms with Gasteiger partial charge < -0.3 is 15.3 Å². The molecule has 0 spiro atoms. The Morgan fingerprint density at radius 1 is 1.12 bits per heavy atom. The molecule has 2 aromatic carbocycles. The zero-order valence-corrected chi connectivity index (χ0v) is 20.3. The van der Waals surface area contributed by atoms with Crippen LogP contribution in [-0.4, -0.2) is 25.0 Å². The first-order chi connectivity index (χ1) is 15.5. The minimum Gasteiger partial charge on any atom is -0.506 e. The number of para-hydroxylation sites is 2. The standard InChI is InChI=1S/C29H32N2O2/c1-18(28(2,3)21-12-8-10-14-23(21)30-6)16-19-26(32)20(27(19)33)17-25-29(4,5)22-13-9-11-15-24(22)31(25)7/h8-17,30,32H,1H2,2-7H3/b19-16+,25-17?. The number of Topliss-reactive ketones (excluding diaryl/α,β-unsaturated/α-hetero) is 1. The molecule has 170 valence electrons. The van der Waals surface area contributed by atoms with E-state index >= 15 is 0 Å². The molecule has 2 aliphatic rings. The van der Waals surface area contributed by atoms with Crippen LogP contribution in [0.25, 0.3) is 0 Å². The van der Waals surface area contributed by atoms with Gasteiger partial charge in [0.1, 0.15) is 5.76 Å². The molecule has 33 heavy (non-hydrogen) atoms. The van der Waals surface area contributed by atoms with Crippen LogP contribution in [0.15, 0.2) is 95.4 Å². The number of carbonyl (C=O) groups excluding carboxylic acids is 1. The fourth-order valence-electron chi connectivity index (χ4n) is 4.88. The second-order valence-corrected chi connectivity index (χ2v) is 9.83. The molecule has 0 amide bonds. The molecule has 0 radical (unpaired) electrons. The summed E-state index contributed by atoms with van der Waals surface area (Å²) in [6.45, 7) is 12.7. The lowest BCUT2D eigenvalue weighted by atomic mass is 9.75. The first-order valence-corrected chi connectivity index (χ1v) is 11.2. The molecule has 1 heterocycles. The number of carbonyl (C=O) groups is 1. The molecular formula is C29H32N2O2. The number of allylic oxidation sites excluding steroid dienone is 6. The van der Waals surface area contributed by atoms with Crippen LogP contribution >= 0.6 is 0 Å². The van der Waals surface area contributed by atoms with E-state index in [2.05, 4.69) is 62.7 Å². The first kappa shape index (κ1) is 22.7. The number of benzene rings is 2. The van der Waals surface area contributed by atoms with E-state index in [0.29, 0.717) is 11.1 Å². The molecule has 2 N–H and O–H groups in total. The van der Waals surface area contributed by atoms with Crippen molar-refractivity contribution < 1.29 is 9.90 Å². The second-order valence-electron chi connectivity index (χ2n) is 9.83. The smallest absolute Gasteiger partial charge is 0.200 e. The molecular weight excluding hydrogens is 408 g/mol. The summed E-state index contributed by atoms with van der Waals surface area (Å²) in [5.41, 5.74) is 6.16. The largest absolute Gasteiger partial charge is 0.506 e. The highest BCUT2D eigenvalue weighted by Gasteiger charge is 2.41. The van der Waals surface area contributed by atoms with Crippen LogP contribution in [-0.2, 0) is 15.6 Å². The number of nitrogens with zero attached hydrogens (tertiary/aromatic N) is 1. The Hall–Kier alpha value is -3.53. The lowest BCUT2D eigenvalue weighted by Crippen LogP contribution is -2.28. The number of hydrogen-bond donors (Lipinski definition) is 2. The van der Waals surface area contributed by atoms with Gasteiger partial charge in [-0.2, -0.15) is 0 Å². The predicted octanol–water partition coefficient (Wildman–Crippen LogP) is 6.19. The summed E-state index contributed by atoms with van der Waals surface area (Å²) in [5.74, 6) is -0.120. The topological polar surface area (TPSA) is 52.6 Å². The first-order valence-electron chi connectivity index (χ1n) is 11.2.